The Hall–Kier alpha value is -4.26. The third-order valence-corrected chi connectivity index (χ3v) is 5.25. The van der Waals surface area contributed by atoms with Crippen molar-refractivity contribution in [3.63, 3.8) is 0 Å². The molecule has 2 aromatic carbocycles. The van der Waals surface area contributed by atoms with Crippen molar-refractivity contribution in [1.29, 1.82) is 0 Å². The molecular formula is C24H17NO6. The molecule has 7 heteroatoms. The van der Waals surface area contributed by atoms with Crippen molar-refractivity contribution < 1.29 is 28.3 Å². The SMILES string of the molecule is COc1cccc(N2C(=O)C(O)=C(C(=O)c3cc4ccccc4o3)C2c2ccco2)c1. The third kappa shape index (κ3) is 2.98. The highest BCUT2D eigenvalue weighted by atomic mass is 16.5. The smallest absolute Gasteiger partial charge is 0.294 e. The highest BCUT2D eigenvalue weighted by molar-refractivity contribution is 6.20. The van der Waals surface area contributed by atoms with E-state index in [9.17, 15) is 14.7 Å². The quantitative estimate of drug-likeness (QED) is 0.470. The number of hydrogen-bond donors (Lipinski definition) is 1. The number of fused-ring (bicyclic) bond motifs is 1. The summed E-state index contributed by atoms with van der Waals surface area (Å²) in [7, 11) is 1.52. The second-order valence-electron chi connectivity index (χ2n) is 7.03. The fourth-order valence-electron chi connectivity index (χ4n) is 3.81. The van der Waals surface area contributed by atoms with Crippen LogP contribution in [-0.4, -0.2) is 23.9 Å². The van der Waals surface area contributed by atoms with E-state index in [0.29, 0.717) is 22.8 Å². The van der Waals surface area contributed by atoms with Crippen molar-refractivity contribution in [2.24, 2.45) is 0 Å². The van der Waals surface area contributed by atoms with Crippen molar-refractivity contribution in [3.05, 3.63) is 95.8 Å². The van der Waals surface area contributed by atoms with Crippen LogP contribution in [0.1, 0.15) is 22.4 Å². The molecule has 1 unspecified atom stereocenters. The first kappa shape index (κ1) is 18.7. The average molecular weight is 415 g/mol. The topological polar surface area (TPSA) is 93.1 Å². The van der Waals surface area contributed by atoms with Gasteiger partial charge in [0.25, 0.3) is 5.91 Å². The number of aliphatic hydroxyl groups is 1. The van der Waals surface area contributed by atoms with Gasteiger partial charge in [0, 0.05) is 17.1 Å². The van der Waals surface area contributed by atoms with E-state index in [4.69, 9.17) is 13.6 Å². The van der Waals surface area contributed by atoms with Gasteiger partial charge in [-0.3, -0.25) is 14.5 Å². The number of para-hydroxylation sites is 1. The number of ether oxygens (including phenoxy) is 1. The maximum Gasteiger partial charge on any atom is 0.294 e. The van der Waals surface area contributed by atoms with E-state index in [0.717, 1.165) is 5.39 Å². The summed E-state index contributed by atoms with van der Waals surface area (Å²) in [4.78, 5) is 27.8. The van der Waals surface area contributed by atoms with Crippen LogP contribution in [0.3, 0.4) is 0 Å². The molecule has 3 heterocycles. The molecule has 31 heavy (non-hydrogen) atoms. The van der Waals surface area contributed by atoms with Gasteiger partial charge in [0.15, 0.2) is 11.5 Å². The molecule has 1 aliphatic heterocycles. The van der Waals surface area contributed by atoms with Gasteiger partial charge in [-0.2, -0.15) is 0 Å². The molecule has 1 aliphatic rings. The first-order chi connectivity index (χ1) is 15.1. The number of hydrogen-bond acceptors (Lipinski definition) is 6. The molecular weight excluding hydrogens is 398 g/mol. The van der Waals surface area contributed by atoms with Gasteiger partial charge in [0.05, 0.1) is 18.9 Å². The molecule has 4 aromatic rings. The van der Waals surface area contributed by atoms with Crippen molar-refractivity contribution in [1.82, 2.24) is 0 Å². The van der Waals surface area contributed by atoms with E-state index in [2.05, 4.69) is 0 Å². The normalized spacial score (nSPS) is 16.4. The Kier molecular flexibility index (Phi) is 4.36. The largest absolute Gasteiger partial charge is 0.503 e. The minimum atomic E-state index is -0.963. The summed E-state index contributed by atoms with van der Waals surface area (Å²) in [5.41, 5.74) is 0.876. The molecule has 0 saturated carbocycles. The average Bonchev–Trinajstić information content (AvgIpc) is 3.52. The van der Waals surface area contributed by atoms with Crippen LogP contribution in [0.15, 0.2) is 93.2 Å². The number of carbonyl (C=O) groups excluding carboxylic acids is 2. The summed E-state index contributed by atoms with van der Waals surface area (Å²) < 4.78 is 16.5. The van der Waals surface area contributed by atoms with Gasteiger partial charge in [-0.1, -0.05) is 24.3 Å². The summed E-state index contributed by atoms with van der Waals surface area (Å²) in [5, 5.41) is 11.5. The molecule has 0 spiro atoms. The van der Waals surface area contributed by atoms with Gasteiger partial charge in [-0.05, 0) is 36.4 Å². The van der Waals surface area contributed by atoms with Crippen LogP contribution >= 0.6 is 0 Å². The highest BCUT2D eigenvalue weighted by Crippen LogP contribution is 2.43. The standard InChI is InChI=1S/C24H17NO6/c1-29-16-8-4-7-15(13-16)25-21(18-10-5-11-30-18)20(23(27)24(25)28)22(26)19-12-14-6-2-3-9-17(14)31-19/h2-13,21,27H,1H3. The van der Waals surface area contributed by atoms with Crippen LogP contribution < -0.4 is 9.64 Å². The van der Waals surface area contributed by atoms with Crippen LogP contribution in [0.25, 0.3) is 11.0 Å². The van der Waals surface area contributed by atoms with Gasteiger partial charge < -0.3 is 18.7 Å². The molecule has 1 atom stereocenters. The minimum Gasteiger partial charge on any atom is -0.503 e. The number of anilines is 1. The molecule has 1 amide bonds. The predicted molar refractivity (Wildman–Crippen MR) is 112 cm³/mol. The fourth-order valence-corrected chi connectivity index (χ4v) is 3.81. The van der Waals surface area contributed by atoms with Gasteiger partial charge in [0.2, 0.25) is 5.78 Å². The Morgan fingerprint density at radius 3 is 2.65 bits per heavy atom. The number of rotatable bonds is 5. The Morgan fingerprint density at radius 1 is 1.06 bits per heavy atom. The summed E-state index contributed by atoms with van der Waals surface area (Å²) in [5.74, 6) is -1.06. The summed E-state index contributed by atoms with van der Waals surface area (Å²) in [6, 6.07) is 17.9. The Labute approximate surface area is 176 Å². The molecule has 5 rings (SSSR count). The maximum atomic E-state index is 13.4. The molecule has 0 aliphatic carbocycles. The second-order valence-corrected chi connectivity index (χ2v) is 7.03. The Morgan fingerprint density at radius 2 is 1.90 bits per heavy atom. The van der Waals surface area contributed by atoms with Crippen LogP contribution in [-0.2, 0) is 4.79 Å². The molecule has 0 radical (unpaired) electrons. The minimum absolute atomic E-state index is 0.0274. The van der Waals surface area contributed by atoms with Crippen LogP contribution in [0, 0.1) is 0 Å². The number of methoxy groups -OCH3 is 1. The van der Waals surface area contributed by atoms with Crippen molar-refractivity contribution in [3.8, 4) is 5.75 Å². The van der Waals surface area contributed by atoms with Crippen LogP contribution in [0.2, 0.25) is 0 Å². The Balaban J connectivity index is 1.64. The molecule has 7 nitrogen and oxygen atoms in total. The molecule has 154 valence electrons. The van der Waals surface area contributed by atoms with E-state index < -0.39 is 23.5 Å². The molecule has 0 bridgehead atoms. The lowest BCUT2D eigenvalue weighted by atomic mass is 9.99. The molecule has 2 aromatic heterocycles. The zero-order chi connectivity index (χ0) is 21.5. The fraction of sp³-hybridized carbons (Fsp3) is 0.0833. The number of nitrogens with zero attached hydrogens (tertiary/aromatic N) is 1. The monoisotopic (exact) mass is 415 g/mol. The number of Topliss-reactive ketones (excluding diaryl/α,β-unsaturated/α-hetero) is 1. The molecule has 0 fully saturated rings. The summed E-state index contributed by atoms with van der Waals surface area (Å²) >= 11 is 0. The summed E-state index contributed by atoms with van der Waals surface area (Å²) in [6.45, 7) is 0. The number of carbonyl (C=O) groups is 2. The van der Waals surface area contributed by atoms with Crippen molar-refractivity contribution in [2.75, 3.05) is 12.0 Å². The first-order valence-corrected chi connectivity index (χ1v) is 9.56. The van der Waals surface area contributed by atoms with Gasteiger partial charge in [-0.15, -0.1) is 0 Å². The van der Waals surface area contributed by atoms with Crippen molar-refractivity contribution >= 4 is 28.3 Å². The van der Waals surface area contributed by atoms with Gasteiger partial charge in [0.1, 0.15) is 23.1 Å². The zero-order valence-electron chi connectivity index (χ0n) is 16.4. The number of furan rings is 2. The molecule has 1 N–H and O–H groups in total. The van der Waals surface area contributed by atoms with Crippen molar-refractivity contribution in [2.45, 2.75) is 6.04 Å². The first-order valence-electron chi connectivity index (χ1n) is 9.56. The number of aliphatic hydroxyl groups excluding tert-OH is 1. The lowest BCUT2D eigenvalue weighted by Crippen LogP contribution is -2.30. The van der Waals surface area contributed by atoms with E-state index in [1.54, 1.807) is 54.6 Å². The van der Waals surface area contributed by atoms with E-state index in [-0.39, 0.29) is 11.3 Å². The Bertz CT molecular complexity index is 1300. The number of benzene rings is 2. The predicted octanol–water partition coefficient (Wildman–Crippen LogP) is 4.82. The van der Waals surface area contributed by atoms with Crippen LogP contribution in [0.4, 0.5) is 5.69 Å². The third-order valence-electron chi connectivity index (χ3n) is 5.25. The second kappa shape index (κ2) is 7.21. The number of amides is 1. The van der Waals surface area contributed by atoms with Gasteiger partial charge in [-0.25, -0.2) is 0 Å². The maximum absolute atomic E-state index is 13.4. The zero-order valence-corrected chi connectivity index (χ0v) is 16.4. The van der Waals surface area contributed by atoms with E-state index >= 15 is 0 Å². The lowest BCUT2D eigenvalue weighted by Gasteiger charge is -2.25. The van der Waals surface area contributed by atoms with E-state index in [1.165, 1.54) is 18.3 Å². The van der Waals surface area contributed by atoms with Gasteiger partial charge >= 0.3 is 0 Å². The number of ketones is 1. The lowest BCUT2D eigenvalue weighted by molar-refractivity contribution is -0.117. The highest BCUT2D eigenvalue weighted by Gasteiger charge is 2.46. The van der Waals surface area contributed by atoms with E-state index in [1.807, 2.05) is 12.1 Å². The summed E-state index contributed by atoms with van der Waals surface area (Å²) in [6.07, 6.45) is 1.45. The van der Waals surface area contributed by atoms with Crippen LogP contribution in [0.5, 0.6) is 5.75 Å². The molecule has 0 saturated heterocycles.